The highest BCUT2D eigenvalue weighted by Gasteiger charge is 2.45. The quantitative estimate of drug-likeness (QED) is 0.526. The van der Waals surface area contributed by atoms with E-state index in [0.717, 1.165) is 0 Å². The van der Waals surface area contributed by atoms with E-state index in [4.69, 9.17) is 27.2 Å². The topological polar surface area (TPSA) is 139 Å². The molecule has 20 heavy (non-hydrogen) atoms. The average molecular weight is 302 g/mol. The van der Waals surface area contributed by atoms with Gasteiger partial charge in [-0.05, 0) is 0 Å². The van der Waals surface area contributed by atoms with Crippen LogP contribution < -0.4 is 5.73 Å². The first-order valence-corrected chi connectivity index (χ1v) is 6.20. The largest absolute Gasteiger partial charge is 0.394 e. The summed E-state index contributed by atoms with van der Waals surface area (Å²) in [7, 11) is 0. The molecule has 0 spiro atoms. The number of hydrogen-bond donors (Lipinski definition) is 4. The monoisotopic (exact) mass is 301 g/mol. The third-order valence-corrected chi connectivity index (χ3v) is 3.55. The molecule has 1 fully saturated rings. The highest BCUT2D eigenvalue weighted by atomic mass is 35.5. The SMILES string of the molecule is Nc1c(Cl)cnn2c([C@@H]3O[C@H](CO)[C@@H](O)[C@H]3O)nnc12. The Bertz CT molecular complexity index is 650. The zero-order chi connectivity index (χ0) is 14.4. The van der Waals surface area contributed by atoms with Gasteiger partial charge >= 0.3 is 0 Å². The second kappa shape index (κ2) is 4.79. The van der Waals surface area contributed by atoms with Crippen molar-refractivity contribution in [2.45, 2.75) is 24.4 Å². The van der Waals surface area contributed by atoms with Gasteiger partial charge < -0.3 is 25.8 Å². The second-order valence-electron chi connectivity index (χ2n) is 4.46. The van der Waals surface area contributed by atoms with Gasteiger partial charge in [0.15, 0.2) is 5.82 Å². The Morgan fingerprint density at radius 2 is 2.10 bits per heavy atom. The van der Waals surface area contributed by atoms with Crippen molar-refractivity contribution in [1.82, 2.24) is 19.8 Å². The van der Waals surface area contributed by atoms with Crippen LogP contribution in [-0.2, 0) is 4.74 Å². The molecule has 0 aliphatic carbocycles. The van der Waals surface area contributed by atoms with Crippen LogP contribution in [0.15, 0.2) is 6.20 Å². The van der Waals surface area contributed by atoms with Crippen molar-refractivity contribution in [1.29, 1.82) is 0 Å². The smallest absolute Gasteiger partial charge is 0.202 e. The minimum absolute atomic E-state index is 0.172. The van der Waals surface area contributed by atoms with Gasteiger partial charge in [-0.3, -0.25) is 0 Å². The van der Waals surface area contributed by atoms with Crippen molar-refractivity contribution >= 4 is 22.9 Å². The van der Waals surface area contributed by atoms with E-state index in [1.807, 2.05) is 0 Å². The van der Waals surface area contributed by atoms with Crippen molar-refractivity contribution < 1.29 is 20.1 Å². The van der Waals surface area contributed by atoms with Gasteiger partial charge in [0.25, 0.3) is 0 Å². The van der Waals surface area contributed by atoms with E-state index in [1.54, 1.807) is 0 Å². The number of aliphatic hydroxyl groups is 3. The lowest BCUT2D eigenvalue weighted by Crippen LogP contribution is -2.32. The number of aromatic nitrogens is 4. The number of anilines is 1. The van der Waals surface area contributed by atoms with Gasteiger partial charge in [-0.25, -0.2) is 0 Å². The van der Waals surface area contributed by atoms with Gasteiger partial charge in [-0.2, -0.15) is 9.61 Å². The Hall–Kier alpha value is -1.52. The third-order valence-electron chi connectivity index (χ3n) is 3.25. The van der Waals surface area contributed by atoms with E-state index < -0.39 is 31.0 Å². The highest BCUT2D eigenvalue weighted by molar-refractivity contribution is 6.33. The first-order valence-electron chi connectivity index (χ1n) is 5.82. The molecule has 0 amide bonds. The fourth-order valence-electron chi connectivity index (χ4n) is 2.15. The van der Waals surface area contributed by atoms with Crippen LogP contribution in [0.1, 0.15) is 11.9 Å². The van der Waals surface area contributed by atoms with Crippen LogP contribution in [0.2, 0.25) is 5.02 Å². The molecule has 1 aliphatic rings. The van der Waals surface area contributed by atoms with Gasteiger partial charge in [0, 0.05) is 0 Å². The molecule has 0 saturated carbocycles. The number of hydrogen-bond acceptors (Lipinski definition) is 8. The maximum atomic E-state index is 9.96. The van der Waals surface area contributed by atoms with Crippen molar-refractivity contribution in [2.75, 3.05) is 12.3 Å². The number of ether oxygens (including phenoxy) is 1. The molecule has 0 unspecified atom stereocenters. The molecule has 108 valence electrons. The Morgan fingerprint density at radius 1 is 1.35 bits per heavy atom. The number of nitrogens with two attached hydrogens (primary N) is 1. The van der Waals surface area contributed by atoms with Crippen LogP contribution in [0.3, 0.4) is 0 Å². The van der Waals surface area contributed by atoms with E-state index in [-0.39, 0.29) is 22.2 Å². The predicted octanol–water partition coefficient (Wildman–Crippen LogP) is -1.49. The van der Waals surface area contributed by atoms with Gasteiger partial charge in [0.1, 0.15) is 24.4 Å². The summed E-state index contributed by atoms with van der Waals surface area (Å²) >= 11 is 5.83. The number of halogens is 1. The lowest BCUT2D eigenvalue weighted by molar-refractivity contribution is -0.0258. The van der Waals surface area contributed by atoms with Crippen LogP contribution in [0, 0.1) is 0 Å². The summed E-state index contributed by atoms with van der Waals surface area (Å²) in [4.78, 5) is 0. The van der Waals surface area contributed by atoms with Gasteiger partial charge in [-0.1, -0.05) is 11.6 Å². The van der Waals surface area contributed by atoms with Crippen molar-refractivity contribution in [2.24, 2.45) is 0 Å². The minimum atomic E-state index is -1.25. The average Bonchev–Trinajstić information content (AvgIpc) is 2.98. The van der Waals surface area contributed by atoms with E-state index in [9.17, 15) is 10.2 Å². The van der Waals surface area contributed by atoms with Gasteiger partial charge in [0.05, 0.1) is 23.5 Å². The molecule has 2 aromatic heterocycles. The summed E-state index contributed by atoms with van der Waals surface area (Å²) in [6, 6.07) is 0. The van der Waals surface area contributed by atoms with Gasteiger partial charge in [-0.15, -0.1) is 10.2 Å². The minimum Gasteiger partial charge on any atom is -0.394 e. The summed E-state index contributed by atoms with van der Waals surface area (Å²) in [5.74, 6) is 0.172. The molecule has 1 saturated heterocycles. The van der Waals surface area contributed by atoms with E-state index in [0.29, 0.717) is 0 Å². The van der Waals surface area contributed by atoms with Crippen LogP contribution in [0.4, 0.5) is 5.69 Å². The van der Waals surface area contributed by atoms with E-state index >= 15 is 0 Å². The number of aliphatic hydroxyl groups excluding tert-OH is 3. The zero-order valence-electron chi connectivity index (χ0n) is 10.1. The summed E-state index contributed by atoms with van der Waals surface area (Å²) in [6.45, 7) is -0.424. The van der Waals surface area contributed by atoms with Crippen LogP contribution in [0.5, 0.6) is 0 Å². The lowest BCUT2D eigenvalue weighted by Gasteiger charge is -2.12. The number of fused-ring (bicyclic) bond motifs is 1. The molecule has 3 heterocycles. The number of nitrogen functional groups attached to an aromatic ring is 1. The fourth-order valence-corrected chi connectivity index (χ4v) is 2.28. The standard InChI is InChI=1S/C10H12ClN5O4/c11-3-1-13-16-9(5(3)12)14-15-10(16)8-7(19)6(18)4(2-17)20-8/h1,4,6-8,17-19H,2,12H2/t4-,6-,7-,8-/m1/s1. The molecule has 1 aliphatic heterocycles. The lowest BCUT2D eigenvalue weighted by atomic mass is 10.1. The molecular formula is C10H12ClN5O4. The molecule has 0 radical (unpaired) electrons. The Morgan fingerprint density at radius 3 is 2.75 bits per heavy atom. The Kier molecular flexibility index (Phi) is 3.22. The molecule has 9 nitrogen and oxygen atoms in total. The maximum absolute atomic E-state index is 9.96. The summed E-state index contributed by atoms with van der Waals surface area (Å²) in [6.07, 6.45) is -3.02. The molecular weight excluding hydrogens is 290 g/mol. The summed E-state index contributed by atoms with van der Waals surface area (Å²) in [5, 5.41) is 40.7. The van der Waals surface area contributed by atoms with E-state index in [1.165, 1.54) is 10.7 Å². The van der Waals surface area contributed by atoms with Crippen molar-refractivity contribution in [3.05, 3.63) is 17.0 Å². The third kappa shape index (κ3) is 1.83. The fraction of sp³-hybridized carbons (Fsp3) is 0.500. The number of nitrogens with zero attached hydrogens (tertiary/aromatic N) is 4. The molecule has 0 aromatic carbocycles. The summed E-state index contributed by atoms with van der Waals surface area (Å²) < 4.78 is 6.65. The molecule has 10 heteroatoms. The molecule has 2 aromatic rings. The zero-order valence-corrected chi connectivity index (χ0v) is 10.8. The first kappa shape index (κ1) is 13.5. The van der Waals surface area contributed by atoms with Crippen LogP contribution >= 0.6 is 11.6 Å². The van der Waals surface area contributed by atoms with Crippen molar-refractivity contribution in [3.63, 3.8) is 0 Å². The van der Waals surface area contributed by atoms with Crippen molar-refractivity contribution in [3.8, 4) is 0 Å². The van der Waals surface area contributed by atoms with Crippen LogP contribution in [0.25, 0.3) is 5.65 Å². The highest BCUT2D eigenvalue weighted by Crippen LogP contribution is 2.33. The Labute approximate surface area is 117 Å². The predicted molar refractivity (Wildman–Crippen MR) is 66.9 cm³/mol. The van der Waals surface area contributed by atoms with E-state index in [2.05, 4.69) is 15.3 Å². The normalized spacial score (nSPS) is 30.2. The molecule has 5 N–H and O–H groups in total. The second-order valence-corrected chi connectivity index (χ2v) is 4.87. The molecule has 4 atom stereocenters. The van der Waals surface area contributed by atoms with Gasteiger partial charge in [0.2, 0.25) is 5.65 Å². The summed E-state index contributed by atoms with van der Waals surface area (Å²) in [5.41, 5.74) is 6.19. The first-order chi connectivity index (χ1) is 9.54. The molecule has 3 rings (SSSR count). The maximum Gasteiger partial charge on any atom is 0.202 e. The Balaban J connectivity index is 2.05. The van der Waals surface area contributed by atoms with Crippen LogP contribution in [-0.4, -0.2) is 60.0 Å². The molecule has 0 bridgehead atoms. The number of rotatable bonds is 2.